The summed E-state index contributed by atoms with van der Waals surface area (Å²) < 4.78 is 7.14. The first-order chi connectivity index (χ1) is 13.1. The monoisotopic (exact) mass is 386 g/mol. The third-order valence-corrected chi connectivity index (χ3v) is 4.74. The van der Waals surface area contributed by atoms with Gasteiger partial charge in [0.1, 0.15) is 0 Å². The van der Waals surface area contributed by atoms with Gasteiger partial charge in [0.15, 0.2) is 0 Å². The molecule has 0 radical (unpaired) electrons. The second kappa shape index (κ2) is 9.04. The summed E-state index contributed by atoms with van der Waals surface area (Å²) in [6, 6.07) is 14.9. The standard InChI is InChI=1S/C21H23ClN2O3/c1-27-10-9-24-13-19(18-12-16(22)7-8-20(18)24)21(26)23-17(14-25)11-15-5-3-2-4-6-15/h2-8,12-13,17,25H,9-11,14H2,1H3,(H,23,26)/t17-/m0/s1. The van der Waals surface area contributed by atoms with Crippen LogP contribution < -0.4 is 5.32 Å². The molecule has 2 aromatic carbocycles. The Bertz CT molecular complexity index is 908. The van der Waals surface area contributed by atoms with Gasteiger partial charge in [-0.05, 0) is 30.2 Å². The van der Waals surface area contributed by atoms with E-state index >= 15 is 0 Å². The predicted molar refractivity (Wildman–Crippen MR) is 107 cm³/mol. The Morgan fingerprint density at radius 2 is 2.04 bits per heavy atom. The number of fused-ring (bicyclic) bond motifs is 1. The van der Waals surface area contributed by atoms with Crippen LogP contribution in [0.3, 0.4) is 0 Å². The van der Waals surface area contributed by atoms with Crippen LogP contribution in [-0.4, -0.2) is 41.9 Å². The first-order valence-electron chi connectivity index (χ1n) is 8.85. The molecule has 0 bridgehead atoms. The summed E-state index contributed by atoms with van der Waals surface area (Å²) in [4.78, 5) is 12.9. The van der Waals surface area contributed by atoms with Crippen LogP contribution in [0, 0.1) is 0 Å². The maximum Gasteiger partial charge on any atom is 0.253 e. The number of aliphatic hydroxyl groups is 1. The van der Waals surface area contributed by atoms with E-state index in [-0.39, 0.29) is 18.6 Å². The number of aromatic nitrogens is 1. The Hall–Kier alpha value is -2.34. The number of nitrogens with one attached hydrogen (secondary N) is 1. The maximum atomic E-state index is 12.9. The fourth-order valence-electron chi connectivity index (χ4n) is 3.15. The molecule has 0 aliphatic carbocycles. The molecule has 5 nitrogen and oxygen atoms in total. The van der Waals surface area contributed by atoms with Gasteiger partial charge < -0.3 is 19.7 Å². The van der Waals surface area contributed by atoms with Gasteiger partial charge in [0.05, 0.1) is 24.8 Å². The number of aliphatic hydroxyl groups excluding tert-OH is 1. The molecule has 0 unspecified atom stereocenters. The van der Waals surface area contributed by atoms with Crippen LogP contribution in [0.2, 0.25) is 5.02 Å². The van der Waals surface area contributed by atoms with Gasteiger partial charge in [0.2, 0.25) is 0 Å². The smallest absolute Gasteiger partial charge is 0.253 e. The number of benzene rings is 2. The van der Waals surface area contributed by atoms with Crippen molar-refractivity contribution in [2.24, 2.45) is 0 Å². The highest BCUT2D eigenvalue weighted by molar-refractivity contribution is 6.31. The molecule has 0 spiro atoms. The maximum absolute atomic E-state index is 12.9. The van der Waals surface area contributed by atoms with E-state index < -0.39 is 0 Å². The second-order valence-electron chi connectivity index (χ2n) is 6.43. The van der Waals surface area contributed by atoms with Crippen LogP contribution in [-0.2, 0) is 17.7 Å². The molecular weight excluding hydrogens is 364 g/mol. The molecule has 0 saturated carbocycles. The average molecular weight is 387 g/mol. The molecule has 0 saturated heterocycles. The van der Waals surface area contributed by atoms with Crippen molar-refractivity contribution in [2.75, 3.05) is 20.3 Å². The molecule has 27 heavy (non-hydrogen) atoms. The van der Waals surface area contributed by atoms with E-state index in [0.29, 0.717) is 30.2 Å². The quantitative estimate of drug-likeness (QED) is 0.624. The number of amides is 1. The fraction of sp³-hybridized carbons (Fsp3) is 0.286. The lowest BCUT2D eigenvalue weighted by Crippen LogP contribution is -2.39. The van der Waals surface area contributed by atoms with Gasteiger partial charge in [-0.15, -0.1) is 0 Å². The first-order valence-corrected chi connectivity index (χ1v) is 9.23. The van der Waals surface area contributed by atoms with Gasteiger partial charge in [-0.3, -0.25) is 4.79 Å². The van der Waals surface area contributed by atoms with Gasteiger partial charge >= 0.3 is 0 Å². The van der Waals surface area contributed by atoms with Crippen LogP contribution in [0.5, 0.6) is 0 Å². The normalized spacial score (nSPS) is 12.3. The molecule has 2 N–H and O–H groups in total. The number of halogens is 1. The van der Waals surface area contributed by atoms with Gasteiger partial charge in [-0.1, -0.05) is 41.9 Å². The van der Waals surface area contributed by atoms with Crippen LogP contribution in [0.4, 0.5) is 0 Å². The molecule has 1 aromatic heterocycles. The molecule has 142 valence electrons. The zero-order valence-corrected chi connectivity index (χ0v) is 15.9. The van der Waals surface area contributed by atoms with Crippen molar-refractivity contribution in [3.63, 3.8) is 0 Å². The highest BCUT2D eigenvalue weighted by Gasteiger charge is 2.19. The molecule has 1 amide bonds. The highest BCUT2D eigenvalue weighted by atomic mass is 35.5. The lowest BCUT2D eigenvalue weighted by atomic mass is 10.1. The zero-order chi connectivity index (χ0) is 19.2. The summed E-state index contributed by atoms with van der Waals surface area (Å²) in [5.41, 5.74) is 2.52. The molecule has 1 atom stereocenters. The number of carbonyl (C=O) groups is 1. The number of methoxy groups -OCH3 is 1. The third-order valence-electron chi connectivity index (χ3n) is 4.50. The average Bonchev–Trinajstić information content (AvgIpc) is 3.04. The molecule has 0 aliphatic rings. The second-order valence-corrected chi connectivity index (χ2v) is 6.87. The Morgan fingerprint density at radius 3 is 2.74 bits per heavy atom. The van der Waals surface area contributed by atoms with Crippen molar-refractivity contribution >= 4 is 28.4 Å². The van der Waals surface area contributed by atoms with Crippen molar-refractivity contribution in [2.45, 2.75) is 19.0 Å². The lowest BCUT2D eigenvalue weighted by molar-refractivity contribution is 0.0918. The van der Waals surface area contributed by atoms with Crippen molar-refractivity contribution in [1.82, 2.24) is 9.88 Å². The highest BCUT2D eigenvalue weighted by Crippen LogP contribution is 2.25. The zero-order valence-electron chi connectivity index (χ0n) is 15.2. The van der Waals surface area contributed by atoms with E-state index in [1.807, 2.05) is 47.2 Å². The summed E-state index contributed by atoms with van der Waals surface area (Å²) in [6.07, 6.45) is 2.37. The largest absolute Gasteiger partial charge is 0.394 e. The minimum atomic E-state index is -0.364. The van der Waals surface area contributed by atoms with E-state index in [1.165, 1.54) is 0 Å². The Labute approximate surface area is 163 Å². The number of nitrogens with zero attached hydrogens (tertiary/aromatic N) is 1. The van der Waals surface area contributed by atoms with Gasteiger partial charge in [0, 0.05) is 35.8 Å². The summed E-state index contributed by atoms with van der Waals surface area (Å²) >= 11 is 6.14. The van der Waals surface area contributed by atoms with Crippen molar-refractivity contribution in [3.05, 3.63) is 70.9 Å². The number of hydrogen-bond donors (Lipinski definition) is 2. The van der Waals surface area contributed by atoms with E-state index in [2.05, 4.69) is 5.32 Å². The number of carbonyl (C=O) groups excluding carboxylic acids is 1. The Balaban J connectivity index is 1.84. The topological polar surface area (TPSA) is 63.5 Å². The van der Waals surface area contributed by atoms with E-state index in [1.54, 1.807) is 19.2 Å². The first kappa shape index (κ1) is 19.4. The fourth-order valence-corrected chi connectivity index (χ4v) is 3.32. The number of rotatable bonds is 8. The predicted octanol–water partition coefficient (Wildman–Crippen LogP) is 3.27. The summed E-state index contributed by atoms with van der Waals surface area (Å²) in [7, 11) is 1.64. The van der Waals surface area contributed by atoms with E-state index in [0.717, 1.165) is 16.5 Å². The lowest BCUT2D eigenvalue weighted by Gasteiger charge is -2.16. The number of ether oxygens (including phenoxy) is 1. The third kappa shape index (κ3) is 4.69. The minimum absolute atomic E-state index is 0.135. The number of hydrogen-bond acceptors (Lipinski definition) is 3. The Morgan fingerprint density at radius 1 is 1.26 bits per heavy atom. The molecule has 3 rings (SSSR count). The van der Waals surface area contributed by atoms with Gasteiger partial charge in [0.25, 0.3) is 5.91 Å². The van der Waals surface area contributed by atoms with E-state index in [4.69, 9.17) is 16.3 Å². The van der Waals surface area contributed by atoms with Gasteiger partial charge in [-0.25, -0.2) is 0 Å². The summed E-state index contributed by atoms with van der Waals surface area (Å²) in [5.74, 6) is -0.228. The van der Waals surface area contributed by atoms with Crippen molar-refractivity contribution in [3.8, 4) is 0 Å². The SMILES string of the molecule is COCCn1cc(C(=O)N[C@H](CO)Cc2ccccc2)c2cc(Cl)ccc21. The molecule has 3 aromatic rings. The minimum Gasteiger partial charge on any atom is -0.394 e. The van der Waals surface area contributed by atoms with Crippen molar-refractivity contribution in [1.29, 1.82) is 0 Å². The Kier molecular flexibility index (Phi) is 6.50. The van der Waals surface area contributed by atoms with Crippen LogP contribution in [0.15, 0.2) is 54.7 Å². The molecule has 0 aliphatic heterocycles. The molecule has 6 heteroatoms. The molecular formula is C21H23ClN2O3. The van der Waals surface area contributed by atoms with E-state index in [9.17, 15) is 9.90 Å². The molecule has 0 fully saturated rings. The summed E-state index contributed by atoms with van der Waals surface area (Å²) in [6.45, 7) is 1.04. The van der Waals surface area contributed by atoms with Crippen molar-refractivity contribution < 1.29 is 14.6 Å². The van der Waals surface area contributed by atoms with Crippen LogP contribution >= 0.6 is 11.6 Å². The summed E-state index contributed by atoms with van der Waals surface area (Å²) in [5, 5.41) is 14.0. The molecule has 1 heterocycles. The van der Waals surface area contributed by atoms with Crippen LogP contribution in [0.25, 0.3) is 10.9 Å². The van der Waals surface area contributed by atoms with Crippen LogP contribution in [0.1, 0.15) is 15.9 Å². The van der Waals surface area contributed by atoms with Gasteiger partial charge in [-0.2, -0.15) is 0 Å².